The number of guanidine groups is 1. The molecule has 7 nitrogen and oxygen atoms in total. The van der Waals surface area contributed by atoms with Crippen LogP contribution in [-0.2, 0) is 17.9 Å². The number of benzene rings is 1. The van der Waals surface area contributed by atoms with Crippen LogP contribution in [0.1, 0.15) is 30.7 Å². The normalized spacial score (nSPS) is 11.3. The molecule has 2 heterocycles. The van der Waals surface area contributed by atoms with E-state index in [1.165, 1.54) is 18.3 Å². The summed E-state index contributed by atoms with van der Waals surface area (Å²) in [6.45, 7) is 5.21. The maximum atomic E-state index is 11.1. The van der Waals surface area contributed by atoms with E-state index in [0.717, 1.165) is 33.2 Å². The van der Waals surface area contributed by atoms with Gasteiger partial charge >= 0.3 is 0 Å². The number of hydrogen-bond donors (Lipinski definition) is 3. The lowest BCUT2D eigenvalue weighted by Crippen LogP contribution is -2.22. The van der Waals surface area contributed by atoms with Gasteiger partial charge in [-0.2, -0.15) is 0 Å². The van der Waals surface area contributed by atoms with Gasteiger partial charge in [-0.15, -0.1) is 22.7 Å². The number of anilines is 1. The van der Waals surface area contributed by atoms with Crippen LogP contribution in [0.3, 0.4) is 0 Å². The van der Waals surface area contributed by atoms with E-state index in [0.29, 0.717) is 30.8 Å². The number of aliphatic imine (C=N–C) groups is 1. The molecule has 0 saturated heterocycles. The number of carbonyl (C=O) groups excluding carboxylic acids is 1. The lowest BCUT2D eigenvalue weighted by Gasteiger charge is -2.09. The molecule has 0 aliphatic rings. The van der Waals surface area contributed by atoms with Crippen LogP contribution in [0.25, 0.3) is 10.6 Å². The first kappa shape index (κ1) is 21.8. The number of aromatic nitrogens is 1. The number of nitrogens with zero attached hydrogens (tertiary/aromatic N) is 2. The van der Waals surface area contributed by atoms with Gasteiger partial charge in [-0.3, -0.25) is 4.79 Å². The average Bonchev–Trinajstić information content (AvgIpc) is 3.39. The van der Waals surface area contributed by atoms with Crippen molar-refractivity contribution in [2.45, 2.75) is 33.4 Å². The molecule has 0 bridgehead atoms. The molecule has 1 amide bonds. The third kappa shape index (κ3) is 6.30. The van der Waals surface area contributed by atoms with Gasteiger partial charge in [0.15, 0.2) is 11.1 Å². The molecule has 158 valence electrons. The summed E-state index contributed by atoms with van der Waals surface area (Å²) in [6, 6.07) is 11.8. The fourth-order valence-electron chi connectivity index (χ4n) is 2.57. The van der Waals surface area contributed by atoms with E-state index in [1.807, 2.05) is 41.8 Å². The molecule has 1 aromatic carbocycles. The van der Waals surface area contributed by atoms with Crippen molar-refractivity contribution < 1.29 is 9.53 Å². The number of nitrogens with one attached hydrogen (secondary N) is 2. The second-order valence-corrected chi connectivity index (χ2v) is 8.52. The Morgan fingerprint density at radius 3 is 2.90 bits per heavy atom. The molecule has 30 heavy (non-hydrogen) atoms. The number of para-hydroxylation sites is 1. The van der Waals surface area contributed by atoms with Crippen LogP contribution in [0, 0.1) is 0 Å². The van der Waals surface area contributed by atoms with Crippen LogP contribution in [0.2, 0.25) is 0 Å². The van der Waals surface area contributed by atoms with Crippen molar-refractivity contribution in [3.05, 3.63) is 52.2 Å². The standard InChI is InChI=1S/C21H25N5O2S2/c1-3-10-28-18-7-5-4-6-15(18)11-24-20(22)26-21-25-17(13-29-21)19-9-8-16(30-19)12-23-14(2)27/h4-9,13H,3,10-12H2,1-2H3,(H,23,27)(H3,22,24,25,26). The monoisotopic (exact) mass is 443 g/mol. The molecule has 3 rings (SSSR count). The largest absolute Gasteiger partial charge is 0.493 e. The average molecular weight is 444 g/mol. The number of carbonyl (C=O) groups is 1. The highest BCUT2D eigenvalue weighted by atomic mass is 32.1. The molecule has 0 unspecified atom stereocenters. The van der Waals surface area contributed by atoms with Crippen LogP contribution in [0.4, 0.5) is 5.13 Å². The maximum Gasteiger partial charge on any atom is 0.217 e. The smallest absolute Gasteiger partial charge is 0.217 e. The van der Waals surface area contributed by atoms with Gasteiger partial charge in [0.1, 0.15) is 5.75 Å². The predicted molar refractivity (Wildman–Crippen MR) is 124 cm³/mol. The van der Waals surface area contributed by atoms with Gasteiger partial charge in [0.05, 0.1) is 30.3 Å². The Hall–Kier alpha value is -2.91. The van der Waals surface area contributed by atoms with Crippen LogP contribution in [-0.4, -0.2) is 23.5 Å². The van der Waals surface area contributed by atoms with Gasteiger partial charge < -0.3 is 21.1 Å². The predicted octanol–water partition coefficient (Wildman–Crippen LogP) is 4.22. The Labute approximate surface area is 184 Å². The van der Waals surface area contributed by atoms with Crippen molar-refractivity contribution in [2.24, 2.45) is 10.7 Å². The maximum absolute atomic E-state index is 11.1. The Balaban J connectivity index is 1.60. The summed E-state index contributed by atoms with van der Waals surface area (Å²) in [4.78, 5) is 22.2. The second kappa shape index (κ2) is 10.7. The first-order valence-corrected chi connectivity index (χ1v) is 11.3. The minimum atomic E-state index is -0.0422. The number of hydrogen-bond acceptors (Lipinski definition) is 6. The first-order chi connectivity index (χ1) is 14.5. The summed E-state index contributed by atoms with van der Waals surface area (Å²) in [5, 5.41) is 8.50. The molecule has 0 saturated carbocycles. The van der Waals surface area contributed by atoms with E-state index in [9.17, 15) is 4.79 Å². The second-order valence-electron chi connectivity index (χ2n) is 6.50. The highest BCUT2D eigenvalue weighted by Gasteiger charge is 2.09. The molecule has 0 aliphatic heterocycles. The third-order valence-electron chi connectivity index (χ3n) is 4.02. The Bertz CT molecular complexity index is 1010. The summed E-state index contributed by atoms with van der Waals surface area (Å²) in [5.74, 6) is 1.10. The van der Waals surface area contributed by atoms with E-state index in [2.05, 4.69) is 27.5 Å². The number of thiazole rings is 1. The topological polar surface area (TPSA) is 102 Å². The summed E-state index contributed by atoms with van der Waals surface area (Å²) in [7, 11) is 0. The van der Waals surface area contributed by atoms with Crippen molar-refractivity contribution >= 4 is 39.7 Å². The van der Waals surface area contributed by atoms with Gasteiger partial charge in [-0.25, -0.2) is 9.98 Å². The number of rotatable bonds is 9. The van der Waals surface area contributed by atoms with Crippen LogP contribution in [0.5, 0.6) is 5.75 Å². The zero-order chi connectivity index (χ0) is 21.3. The molecular weight excluding hydrogens is 418 g/mol. The number of amides is 1. The van der Waals surface area contributed by atoms with Crippen molar-refractivity contribution in [1.82, 2.24) is 10.3 Å². The third-order valence-corrected chi connectivity index (χ3v) is 5.88. The molecule has 0 spiro atoms. The van der Waals surface area contributed by atoms with Crippen molar-refractivity contribution in [3.63, 3.8) is 0 Å². The lowest BCUT2D eigenvalue weighted by atomic mass is 10.2. The summed E-state index contributed by atoms with van der Waals surface area (Å²) in [6.07, 6.45) is 0.951. The number of nitrogens with two attached hydrogens (primary N) is 1. The minimum absolute atomic E-state index is 0.0422. The highest BCUT2D eigenvalue weighted by Crippen LogP contribution is 2.30. The molecule has 2 aromatic heterocycles. The Kier molecular flexibility index (Phi) is 7.81. The van der Waals surface area contributed by atoms with Gasteiger partial charge in [0.2, 0.25) is 5.91 Å². The van der Waals surface area contributed by atoms with Gasteiger partial charge in [-0.1, -0.05) is 25.1 Å². The zero-order valence-corrected chi connectivity index (χ0v) is 18.6. The molecular formula is C21H25N5O2S2. The van der Waals surface area contributed by atoms with Crippen molar-refractivity contribution in [2.75, 3.05) is 11.9 Å². The highest BCUT2D eigenvalue weighted by molar-refractivity contribution is 7.17. The van der Waals surface area contributed by atoms with E-state index in [4.69, 9.17) is 10.5 Å². The summed E-state index contributed by atoms with van der Waals surface area (Å²) >= 11 is 3.07. The van der Waals surface area contributed by atoms with Crippen molar-refractivity contribution in [3.8, 4) is 16.3 Å². The quantitative estimate of drug-likeness (QED) is 0.339. The number of ether oxygens (including phenoxy) is 1. The van der Waals surface area contributed by atoms with Crippen LogP contribution >= 0.6 is 22.7 Å². The zero-order valence-electron chi connectivity index (χ0n) is 17.0. The van der Waals surface area contributed by atoms with E-state index in [1.54, 1.807) is 11.3 Å². The van der Waals surface area contributed by atoms with Crippen LogP contribution in [0.15, 0.2) is 46.8 Å². The minimum Gasteiger partial charge on any atom is -0.493 e. The molecule has 0 fully saturated rings. The fourth-order valence-corrected chi connectivity index (χ4v) is 4.27. The van der Waals surface area contributed by atoms with Crippen molar-refractivity contribution in [1.29, 1.82) is 0 Å². The summed E-state index contributed by atoms with van der Waals surface area (Å²) < 4.78 is 5.76. The summed E-state index contributed by atoms with van der Waals surface area (Å²) in [5.41, 5.74) is 7.91. The molecule has 0 atom stereocenters. The Morgan fingerprint density at radius 2 is 2.10 bits per heavy atom. The van der Waals surface area contributed by atoms with Gasteiger partial charge in [-0.05, 0) is 24.6 Å². The lowest BCUT2D eigenvalue weighted by molar-refractivity contribution is -0.119. The van der Waals surface area contributed by atoms with E-state index in [-0.39, 0.29) is 5.91 Å². The molecule has 9 heteroatoms. The fraction of sp³-hybridized carbons (Fsp3) is 0.286. The van der Waals surface area contributed by atoms with E-state index < -0.39 is 0 Å². The SMILES string of the molecule is CCCOc1ccccc1CN=C(N)Nc1nc(-c2ccc(CNC(C)=O)s2)cs1. The first-order valence-electron chi connectivity index (χ1n) is 9.62. The number of thiophene rings is 1. The van der Waals surface area contributed by atoms with Crippen LogP contribution < -0.4 is 21.1 Å². The molecule has 0 aliphatic carbocycles. The van der Waals surface area contributed by atoms with Gasteiger partial charge in [0, 0.05) is 22.7 Å². The molecule has 4 N–H and O–H groups in total. The Morgan fingerprint density at radius 1 is 1.27 bits per heavy atom. The molecule has 0 radical (unpaired) electrons. The van der Waals surface area contributed by atoms with Gasteiger partial charge in [0.25, 0.3) is 0 Å². The molecule has 3 aromatic rings. The van der Waals surface area contributed by atoms with E-state index >= 15 is 0 Å².